The largest absolute Gasteiger partial charge is 0.270 e. The van der Waals surface area contributed by atoms with Crippen molar-refractivity contribution >= 4 is 34.0 Å². The van der Waals surface area contributed by atoms with Crippen LogP contribution in [0.5, 0.6) is 0 Å². The summed E-state index contributed by atoms with van der Waals surface area (Å²) in [6, 6.07) is 0. The molecule has 1 aliphatic carbocycles. The summed E-state index contributed by atoms with van der Waals surface area (Å²) in [7, 11) is 0. The van der Waals surface area contributed by atoms with Crippen molar-refractivity contribution < 1.29 is 19.5 Å². The van der Waals surface area contributed by atoms with Crippen molar-refractivity contribution in [1.29, 1.82) is 0 Å². The molecule has 1 rings (SSSR count). The Labute approximate surface area is 90.1 Å². The van der Waals surface area contributed by atoms with E-state index < -0.39 is 0 Å². The third kappa shape index (κ3) is 6.95. The van der Waals surface area contributed by atoms with E-state index in [1.165, 1.54) is 5.57 Å². The van der Waals surface area contributed by atoms with Crippen molar-refractivity contribution in [2.75, 3.05) is 0 Å². The molecule has 0 unspecified atom stereocenters. The van der Waals surface area contributed by atoms with Crippen molar-refractivity contribution in [3.05, 3.63) is 23.8 Å². The molecular formula is C6H9Br2Rh-. The summed E-state index contributed by atoms with van der Waals surface area (Å²) in [5.74, 6) is 0. The van der Waals surface area contributed by atoms with Crippen LogP contribution in [0.3, 0.4) is 0 Å². The summed E-state index contributed by atoms with van der Waals surface area (Å²) in [5, 5.41) is 0. The molecule has 1 aliphatic rings. The molecular weight excluding hydrogens is 335 g/mol. The van der Waals surface area contributed by atoms with Gasteiger partial charge in [-0.2, -0.15) is 6.08 Å². The van der Waals surface area contributed by atoms with E-state index >= 15 is 0 Å². The van der Waals surface area contributed by atoms with E-state index in [0.717, 1.165) is 6.42 Å². The van der Waals surface area contributed by atoms with Crippen LogP contribution >= 0.6 is 34.0 Å². The Bertz CT molecular complexity index is 105. The van der Waals surface area contributed by atoms with Gasteiger partial charge in [-0.3, -0.25) is 6.08 Å². The minimum absolute atomic E-state index is 0. The van der Waals surface area contributed by atoms with Crippen molar-refractivity contribution in [1.82, 2.24) is 0 Å². The van der Waals surface area contributed by atoms with Crippen LogP contribution in [-0.2, 0) is 19.5 Å². The fourth-order valence-corrected chi connectivity index (χ4v) is 0.515. The quantitative estimate of drug-likeness (QED) is 0.469. The number of halogens is 2. The first-order chi connectivity index (χ1) is 2.89. The van der Waals surface area contributed by atoms with Crippen LogP contribution in [0, 0.1) is 6.08 Å². The molecule has 3 heteroatoms. The molecule has 1 radical (unpaired) electrons. The van der Waals surface area contributed by atoms with Gasteiger partial charge >= 0.3 is 0 Å². The molecule has 0 aromatic heterocycles. The van der Waals surface area contributed by atoms with Crippen LogP contribution in [0.15, 0.2) is 17.7 Å². The van der Waals surface area contributed by atoms with Gasteiger partial charge in [-0.15, -0.1) is 40.4 Å². The minimum atomic E-state index is 0. The van der Waals surface area contributed by atoms with Gasteiger partial charge in [-0.25, -0.2) is 11.6 Å². The molecule has 0 nitrogen and oxygen atoms in total. The van der Waals surface area contributed by atoms with Crippen LogP contribution < -0.4 is 0 Å². The smallest absolute Gasteiger partial charge is 0 e. The van der Waals surface area contributed by atoms with E-state index in [-0.39, 0.29) is 53.4 Å². The van der Waals surface area contributed by atoms with E-state index in [9.17, 15) is 0 Å². The maximum atomic E-state index is 3.12. The summed E-state index contributed by atoms with van der Waals surface area (Å²) in [4.78, 5) is 0. The Morgan fingerprint density at radius 2 is 2.00 bits per heavy atom. The van der Waals surface area contributed by atoms with Gasteiger partial charge in [-0.05, 0) is 0 Å². The Morgan fingerprint density at radius 1 is 1.44 bits per heavy atom. The average molecular weight is 344 g/mol. The van der Waals surface area contributed by atoms with Crippen molar-refractivity contribution in [2.45, 2.75) is 13.3 Å². The zero-order valence-electron chi connectivity index (χ0n) is 5.01. The Balaban J connectivity index is -0.000000120. The summed E-state index contributed by atoms with van der Waals surface area (Å²) in [6.07, 6.45) is 8.33. The van der Waals surface area contributed by atoms with Gasteiger partial charge in [0, 0.05) is 19.5 Å². The van der Waals surface area contributed by atoms with E-state index in [1.807, 2.05) is 0 Å². The first kappa shape index (κ1) is 16.6. The summed E-state index contributed by atoms with van der Waals surface area (Å²) in [6.45, 7) is 2.06. The monoisotopic (exact) mass is 342 g/mol. The number of rotatable bonds is 0. The number of hydrogen-bond acceptors (Lipinski definition) is 0. The van der Waals surface area contributed by atoms with Gasteiger partial charge in [0.15, 0.2) is 0 Å². The molecule has 0 amide bonds. The Kier molecular flexibility index (Phi) is 16.7. The van der Waals surface area contributed by atoms with Crippen LogP contribution in [0.1, 0.15) is 13.3 Å². The zero-order valence-corrected chi connectivity index (χ0v) is 10.1. The Hall–Kier alpha value is 1.06. The molecule has 57 valence electrons. The molecule has 0 saturated heterocycles. The minimum Gasteiger partial charge on any atom is -0.270 e. The molecule has 0 heterocycles. The molecule has 0 saturated carbocycles. The summed E-state index contributed by atoms with van der Waals surface area (Å²) < 4.78 is 0. The van der Waals surface area contributed by atoms with Crippen LogP contribution in [-0.4, -0.2) is 0 Å². The standard InChI is InChI=1S/C6H7.2BrH.Rh/c1-6-4-2-3-5-6;;;/h2,4H,3H2,1H3;2*1H;/q-1;;;. The van der Waals surface area contributed by atoms with Crippen molar-refractivity contribution in [3.63, 3.8) is 0 Å². The molecule has 0 aromatic carbocycles. The van der Waals surface area contributed by atoms with E-state index in [4.69, 9.17) is 0 Å². The third-order valence-electron chi connectivity index (χ3n) is 0.867. The molecule has 9 heavy (non-hydrogen) atoms. The normalized spacial score (nSPS) is 12.3. The first-order valence-corrected chi connectivity index (χ1v) is 2.13. The van der Waals surface area contributed by atoms with Gasteiger partial charge in [0.25, 0.3) is 0 Å². The first-order valence-electron chi connectivity index (χ1n) is 2.13. The summed E-state index contributed by atoms with van der Waals surface area (Å²) >= 11 is 0. The van der Waals surface area contributed by atoms with Gasteiger partial charge in [0.2, 0.25) is 0 Å². The van der Waals surface area contributed by atoms with Gasteiger partial charge < -0.3 is 0 Å². The molecule has 0 bridgehead atoms. The van der Waals surface area contributed by atoms with Crippen molar-refractivity contribution in [3.8, 4) is 0 Å². The molecule has 0 aliphatic heterocycles. The summed E-state index contributed by atoms with van der Waals surface area (Å²) in [5.41, 5.74) is 1.27. The maximum absolute atomic E-state index is 3.12. The number of hydrogen-bond donors (Lipinski definition) is 0. The molecule has 0 aromatic rings. The molecule has 0 spiro atoms. The van der Waals surface area contributed by atoms with E-state index in [0.29, 0.717) is 0 Å². The SMILES string of the molecule is Br.Br.CC1=[C-]CC=C1.[Rh]. The fraction of sp³-hybridized carbons (Fsp3) is 0.333. The molecule has 0 atom stereocenters. The predicted octanol–water partition coefficient (Wildman–Crippen LogP) is 2.85. The zero-order chi connectivity index (χ0) is 4.41. The van der Waals surface area contributed by atoms with Crippen LogP contribution in [0.2, 0.25) is 0 Å². The second-order valence-corrected chi connectivity index (χ2v) is 1.47. The van der Waals surface area contributed by atoms with E-state index in [2.05, 4.69) is 25.2 Å². The van der Waals surface area contributed by atoms with Crippen LogP contribution in [0.4, 0.5) is 0 Å². The average Bonchev–Trinajstić information content (AvgIpc) is 1.86. The second kappa shape index (κ2) is 9.06. The van der Waals surface area contributed by atoms with Crippen molar-refractivity contribution in [2.24, 2.45) is 0 Å². The Morgan fingerprint density at radius 3 is 2.11 bits per heavy atom. The fourth-order valence-electron chi connectivity index (χ4n) is 0.515. The van der Waals surface area contributed by atoms with Crippen LogP contribution in [0.25, 0.3) is 0 Å². The van der Waals surface area contributed by atoms with E-state index in [1.54, 1.807) is 0 Å². The third-order valence-corrected chi connectivity index (χ3v) is 0.867. The topological polar surface area (TPSA) is 0 Å². The molecule has 0 fully saturated rings. The molecule has 0 N–H and O–H groups in total. The second-order valence-electron chi connectivity index (χ2n) is 1.47. The van der Waals surface area contributed by atoms with Gasteiger partial charge in [-0.1, -0.05) is 6.92 Å². The maximum Gasteiger partial charge on any atom is 0 e. The number of allylic oxidation sites excluding steroid dienone is 4. The van der Waals surface area contributed by atoms with Gasteiger partial charge in [0.1, 0.15) is 0 Å². The van der Waals surface area contributed by atoms with Gasteiger partial charge in [0.05, 0.1) is 0 Å². The predicted molar refractivity (Wildman–Crippen MR) is 46.8 cm³/mol.